The molecule has 0 spiro atoms. The van der Waals surface area contributed by atoms with Crippen LogP contribution in [0, 0.1) is 5.41 Å². The Morgan fingerprint density at radius 2 is 1.31 bits per heavy atom. The zero-order chi connectivity index (χ0) is 10.9. The van der Waals surface area contributed by atoms with E-state index in [4.69, 9.17) is 21.1 Å². The zero-order valence-corrected chi connectivity index (χ0v) is 8.28. The molecule has 80 valence electrons. The van der Waals surface area contributed by atoms with Gasteiger partial charge in [0.2, 0.25) is 0 Å². The molecule has 0 aliphatic heterocycles. The number of aliphatic hydroxyl groups is 4. The number of nitrogens with two attached hydrogens (primary N) is 1. The highest BCUT2D eigenvalue weighted by Gasteiger charge is 2.44. The van der Waals surface area contributed by atoms with Gasteiger partial charge in [-0.1, -0.05) is 20.8 Å². The van der Waals surface area contributed by atoms with Crippen molar-refractivity contribution in [2.45, 2.75) is 45.3 Å². The van der Waals surface area contributed by atoms with Crippen LogP contribution in [-0.4, -0.2) is 32.1 Å². The van der Waals surface area contributed by atoms with Gasteiger partial charge in [-0.15, -0.1) is 0 Å². The number of hydrogen-bond donors (Lipinski definition) is 5. The van der Waals surface area contributed by atoms with E-state index in [1.807, 2.05) is 20.8 Å². The molecule has 0 radical (unpaired) electrons. The van der Waals surface area contributed by atoms with Crippen molar-refractivity contribution in [3.63, 3.8) is 0 Å². The Bertz CT molecular complexity index is 166. The minimum Gasteiger partial charge on any atom is -0.369 e. The van der Waals surface area contributed by atoms with Crippen molar-refractivity contribution in [1.82, 2.24) is 0 Å². The standard InChI is InChI=1S/C8H19NO4/c1-6(2,3)4-5-7(9,10)8(11,12)13/h10-13H,4-5,9H2,1-3H3. The second kappa shape index (κ2) is 3.51. The van der Waals surface area contributed by atoms with Crippen molar-refractivity contribution in [2.75, 3.05) is 0 Å². The largest absolute Gasteiger partial charge is 0.369 e. The van der Waals surface area contributed by atoms with E-state index in [0.717, 1.165) is 0 Å². The summed E-state index contributed by atoms with van der Waals surface area (Å²) in [5, 5.41) is 35.3. The fourth-order valence-corrected chi connectivity index (χ4v) is 0.733. The maximum Gasteiger partial charge on any atom is 0.320 e. The Hall–Kier alpha value is -0.200. The summed E-state index contributed by atoms with van der Waals surface area (Å²) in [6.45, 7) is 5.74. The number of rotatable bonds is 3. The second-order valence-corrected chi connectivity index (χ2v) is 4.62. The lowest BCUT2D eigenvalue weighted by molar-refractivity contribution is -0.391. The molecule has 0 saturated heterocycles. The van der Waals surface area contributed by atoms with E-state index in [-0.39, 0.29) is 11.8 Å². The summed E-state index contributed by atoms with van der Waals surface area (Å²) in [6, 6.07) is 0. The molecule has 0 bridgehead atoms. The molecule has 13 heavy (non-hydrogen) atoms. The molecule has 1 unspecified atom stereocenters. The van der Waals surface area contributed by atoms with Crippen LogP contribution in [0.15, 0.2) is 0 Å². The normalized spacial score (nSPS) is 18.5. The third-order valence-corrected chi connectivity index (χ3v) is 1.84. The molecule has 5 heteroatoms. The third kappa shape index (κ3) is 4.54. The van der Waals surface area contributed by atoms with E-state index >= 15 is 0 Å². The van der Waals surface area contributed by atoms with Gasteiger partial charge in [-0.05, 0) is 18.3 Å². The predicted octanol–water partition coefficient (Wildman–Crippen LogP) is -0.909. The molecule has 0 aliphatic rings. The van der Waals surface area contributed by atoms with Crippen molar-refractivity contribution in [3.05, 3.63) is 0 Å². The van der Waals surface area contributed by atoms with Gasteiger partial charge in [0.1, 0.15) is 0 Å². The van der Waals surface area contributed by atoms with Crippen LogP contribution in [0.4, 0.5) is 0 Å². The monoisotopic (exact) mass is 193 g/mol. The van der Waals surface area contributed by atoms with Gasteiger partial charge in [-0.25, -0.2) is 0 Å². The molecular weight excluding hydrogens is 174 g/mol. The van der Waals surface area contributed by atoms with E-state index in [9.17, 15) is 5.11 Å². The van der Waals surface area contributed by atoms with E-state index in [0.29, 0.717) is 6.42 Å². The molecule has 0 rings (SSSR count). The smallest absolute Gasteiger partial charge is 0.320 e. The Balaban J connectivity index is 4.21. The molecule has 0 aromatic rings. The van der Waals surface area contributed by atoms with Crippen LogP contribution < -0.4 is 5.73 Å². The summed E-state index contributed by atoms with van der Waals surface area (Å²) in [5.74, 6) is -3.25. The van der Waals surface area contributed by atoms with Gasteiger partial charge in [0.25, 0.3) is 0 Å². The summed E-state index contributed by atoms with van der Waals surface area (Å²) in [7, 11) is 0. The van der Waals surface area contributed by atoms with Gasteiger partial charge in [0, 0.05) is 0 Å². The fourth-order valence-electron chi connectivity index (χ4n) is 0.733. The molecule has 5 nitrogen and oxygen atoms in total. The van der Waals surface area contributed by atoms with Crippen molar-refractivity contribution < 1.29 is 20.4 Å². The van der Waals surface area contributed by atoms with Gasteiger partial charge in [-0.2, -0.15) is 0 Å². The summed E-state index contributed by atoms with van der Waals surface area (Å²) < 4.78 is 0. The maximum absolute atomic E-state index is 9.24. The van der Waals surface area contributed by atoms with Crippen molar-refractivity contribution in [1.29, 1.82) is 0 Å². The van der Waals surface area contributed by atoms with Crippen molar-refractivity contribution in [2.24, 2.45) is 11.1 Å². The van der Waals surface area contributed by atoms with Crippen molar-refractivity contribution in [3.8, 4) is 0 Å². The molecule has 0 aliphatic carbocycles. The lowest BCUT2D eigenvalue weighted by atomic mass is 9.87. The Morgan fingerprint density at radius 1 is 0.923 bits per heavy atom. The van der Waals surface area contributed by atoms with Gasteiger partial charge in [-0.3, -0.25) is 5.73 Å². The zero-order valence-electron chi connectivity index (χ0n) is 8.28. The Kier molecular flexibility index (Phi) is 3.46. The molecule has 0 saturated carbocycles. The molecule has 0 fully saturated rings. The van der Waals surface area contributed by atoms with Crippen molar-refractivity contribution >= 4 is 0 Å². The van der Waals surface area contributed by atoms with Crippen LogP contribution in [-0.2, 0) is 0 Å². The molecule has 0 heterocycles. The van der Waals surface area contributed by atoms with Gasteiger partial charge >= 0.3 is 5.97 Å². The van der Waals surface area contributed by atoms with Crippen LogP contribution in [0.25, 0.3) is 0 Å². The SMILES string of the molecule is CC(C)(C)CCC(N)(O)C(O)(O)O. The minimum absolute atomic E-state index is 0.0972. The summed E-state index contributed by atoms with van der Waals surface area (Å²) in [5.41, 5.74) is 2.62. The van der Waals surface area contributed by atoms with E-state index < -0.39 is 11.7 Å². The average molecular weight is 193 g/mol. The lowest BCUT2D eigenvalue weighted by Crippen LogP contribution is -2.61. The van der Waals surface area contributed by atoms with Crippen LogP contribution in [0.3, 0.4) is 0 Å². The molecule has 0 aromatic carbocycles. The maximum atomic E-state index is 9.24. The Morgan fingerprint density at radius 3 is 1.54 bits per heavy atom. The summed E-state index contributed by atoms with van der Waals surface area (Å²) in [4.78, 5) is 0. The number of hydrogen-bond acceptors (Lipinski definition) is 5. The highest BCUT2D eigenvalue weighted by Crippen LogP contribution is 2.26. The van der Waals surface area contributed by atoms with E-state index in [2.05, 4.69) is 0 Å². The third-order valence-electron chi connectivity index (χ3n) is 1.84. The van der Waals surface area contributed by atoms with Crippen LogP contribution in [0.2, 0.25) is 0 Å². The van der Waals surface area contributed by atoms with Crippen LogP contribution >= 0.6 is 0 Å². The lowest BCUT2D eigenvalue weighted by Gasteiger charge is -2.33. The molecule has 0 amide bonds. The Labute approximate surface area is 77.8 Å². The first kappa shape index (κ1) is 12.8. The molecule has 6 N–H and O–H groups in total. The molecular formula is C8H19NO4. The van der Waals surface area contributed by atoms with Gasteiger partial charge < -0.3 is 20.4 Å². The van der Waals surface area contributed by atoms with E-state index in [1.54, 1.807) is 0 Å². The minimum atomic E-state index is -3.25. The molecule has 1 atom stereocenters. The summed E-state index contributed by atoms with van der Waals surface area (Å²) >= 11 is 0. The summed E-state index contributed by atoms with van der Waals surface area (Å²) in [6.07, 6.45) is 0.365. The van der Waals surface area contributed by atoms with Crippen LogP contribution in [0.1, 0.15) is 33.6 Å². The fraction of sp³-hybridized carbons (Fsp3) is 1.00. The average Bonchev–Trinajstić information content (AvgIpc) is 1.79. The first-order valence-corrected chi connectivity index (χ1v) is 4.14. The topological polar surface area (TPSA) is 107 Å². The van der Waals surface area contributed by atoms with Crippen LogP contribution in [0.5, 0.6) is 0 Å². The van der Waals surface area contributed by atoms with E-state index in [1.165, 1.54) is 0 Å². The molecule has 0 aromatic heterocycles. The predicted molar refractivity (Wildman–Crippen MR) is 47.2 cm³/mol. The van der Waals surface area contributed by atoms with Gasteiger partial charge in [0.05, 0.1) is 0 Å². The first-order chi connectivity index (χ1) is 5.46. The highest BCUT2D eigenvalue weighted by atomic mass is 16.7. The first-order valence-electron chi connectivity index (χ1n) is 4.14. The second-order valence-electron chi connectivity index (χ2n) is 4.62. The van der Waals surface area contributed by atoms with Gasteiger partial charge in [0.15, 0.2) is 5.72 Å². The highest BCUT2D eigenvalue weighted by molar-refractivity contribution is 4.80. The quantitative estimate of drug-likeness (QED) is 0.373.